The maximum atomic E-state index is 8.81. The molecule has 14 heavy (non-hydrogen) atoms. The van der Waals surface area contributed by atoms with Crippen molar-refractivity contribution >= 4 is 17.5 Å². The van der Waals surface area contributed by atoms with E-state index >= 15 is 0 Å². The average molecular weight is 191 g/mol. The number of aldehydes is 1. The van der Waals surface area contributed by atoms with Crippen molar-refractivity contribution in [3.63, 3.8) is 0 Å². The number of fused-ring (bicyclic) bond motifs is 1. The summed E-state index contributed by atoms with van der Waals surface area (Å²) in [5.74, 6) is 0.999. The molecular formula is C10H13N3O. The first-order valence-electron chi connectivity index (χ1n) is 4.34. The maximum absolute atomic E-state index is 8.81. The smallest absolute Gasteiger partial charge is 0.159 e. The van der Waals surface area contributed by atoms with E-state index in [0.29, 0.717) is 0 Å². The summed E-state index contributed by atoms with van der Waals surface area (Å²) < 4.78 is 1.98. The maximum Gasteiger partial charge on any atom is 0.159 e. The van der Waals surface area contributed by atoms with E-state index in [2.05, 4.69) is 9.97 Å². The van der Waals surface area contributed by atoms with Gasteiger partial charge in [0.25, 0.3) is 0 Å². The van der Waals surface area contributed by atoms with Crippen LogP contribution >= 0.6 is 0 Å². The van der Waals surface area contributed by atoms with Crippen LogP contribution in [0.15, 0.2) is 18.3 Å². The van der Waals surface area contributed by atoms with Gasteiger partial charge >= 0.3 is 0 Å². The number of pyridine rings is 1. The Hall–Kier alpha value is -1.71. The second-order valence-electron chi connectivity index (χ2n) is 2.80. The van der Waals surface area contributed by atoms with Crippen LogP contribution in [0.4, 0.5) is 0 Å². The fourth-order valence-electron chi connectivity index (χ4n) is 1.14. The third-order valence-corrected chi connectivity index (χ3v) is 1.85. The molecule has 2 aromatic heterocycles. The first kappa shape index (κ1) is 10.4. The molecule has 0 saturated carbocycles. The Morgan fingerprint density at radius 2 is 2.14 bits per heavy atom. The van der Waals surface area contributed by atoms with E-state index in [1.54, 1.807) is 6.20 Å². The van der Waals surface area contributed by atoms with Crippen LogP contribution in [0.25, 0.3) is 11.2 Å². The summed E-state index contributed by atoms with van der Waals surface area (Å²) in [4.78, 5) is 17.3. The van der Waals surface area contributed by atoms with Crippen LogP contribution in [-0.2, 0) is 11.8 Å². The van der Waals surface area contributed by atoms with E-state index in [0.717, 1.165) is 23.3 Å². The molecular weight excluding hydrogens is 178 g/mol. The number of imidazole rings is 1. The Morgan fingerprint density at radius 1 is 1.50 bits per heavy atom. The third kappa shape index (κ3) is 1.96. The van der Waals surface area contributed by atoms with Crippen molar-refractivity contribution < 1.29 is 4.79 Å². The summed E-state index contributed by atoms with van der Waals surface area (Å²) in [5.41, 5.74) is 1.91. The minimum atomic E-state index is 0.750. The number of rotatable bonds is 0. The molecule has 2 rings (SSSR count). The molecule has 0 fully saturated rings. The van der Waals surface area contributed by atoms with Gasteiger partial charge in [-0.05, 0) is 26.0 Å². The Morgan fingerprint density at radius 3 is 2.71 bits per heavy atom. The monoisotopic (exact) mass is 191 g/mol. The minimum absolute atomic E-state index is 0.750. The van der Waals surface area contributed by atoms with Gasteiger partial charge in [-0.15, -0.1) is 0 Å². The van der Waals surface area contributed by atoms with Crippen LogP contribution in [0.3, 0.4) is 0 Å². The highest BCUT2D eigenvalue weighted by molar-refractivity contribution is 5.70. The summed E-state index contributed by atoms with van der Waals surface area (Å²) in [6.45, 7) is 3.42. The topological polar surface area (TPSA) is 47.8 Å². The van der Waals surface area contributed by atoms with Gasteiger partial charge in [-0.3, -0.25) is 0 Å². The van der Waals surface area contributed by atoms with E-state index in [-0.39, 0.29) is 0 Å². The molecule has 0 aliphatic carbocycles. The third-order valence-electron chi connectivity index (χ3n) is 1.85. The lowest BCUT2D eigenvalue weighted by atomic mass is 10.4. The molecule has 0 unspecified atom stereocenters. The molecule has 0 saturated heterocycles. The highest BCUT2D eigenvalue weighted by atomic mass is 16.1. The van der Waals surface area contributed by atoms with Crippen LogP contribution < -0.4 is 0 Å². The number of carbonyl (C=O) groups is 1. The van der Waals surface area contributed by atoms with E-state index in [4.69, 9.17) is 4.79 Å². The van der Waals surface area contributed by atoms with Crippen molar-refractivity contribution in [2.45, 2.75) is 13.8 Å². The molecule has 0 N–H and O–H groups in total. The van der Waals surface area contributed by atoms with E-state index in [1.165, 1.54) is 6.92 Å². The van der Waals surface area contributed by atoms with E-state index in [9.17, 15) is 0 Å². The van der Waals surface area contributed by atoms with Crippen LogP contribution in [0.1, 0.15) is 12.7 Å². The van der Waals surface area contributed by atoms with E-state index in [1.807, 2.05) is 30.7 Å². The number of hydrogen-bond donors (Lipinski definition) is 0. The molecule has 74 valence electrons. The van der Waals surface area contributed by atoms with E-state index < -0.39 is 0 Å². The van der Waals surface area contributed by atoms with Crippen LogP contribution in [0.2, 0.25) is 0 Å². The fraction of sp³-hybridized carbons (Fsp3) is 0.300. The number of carbonyl (C=O) groups excluding carboxylic acids is 1. The van der Waals surface area contributed by atoms with Gasteiger partial charge in [-0.1, -0.05) is 0 Å². The molecule has 2 aromatic rings. The second-order valence-corrected chi connectivity index (χ2v) is 2.80. The zero-order chi connectivity index (χ0) is 10.6. The van der Waals surface area contributed by atoms with Crippen molar-refractivity contribution in [1.29, 1.82) is 0 Å². The summed E-state index contributed by atoms with van der Waals surface area (Å²) >= 11 is 0. The molecule has 0 amide bonds. The predicted octanol–water partition coefficient (Wildman–Crippen LogP) is 1.48. The lowest BCUT2D eigenvalue weighted by Crippen LogP contribution is -1.91. The predicted molar refractivity (Wildman–Crippen MR) is 55.0 cm³/mol. The first-order chi connectivity index (χ1) is 6.70. The Balaban J connectivity index is 0.000000293. The second kappa shape index (κ2) is 4.50. The van der Waals surface area contributed by atoms with Gasteiger partial charge < -0.3 is 9.36 Å². The highest BCUT2D eigenvalue weighted by Gasteiger charge is 2.01. The quantitative estimate of drug-likeness (QED) is 0.592. The van der Waals surface area contributed by atoms with Gasteiger partial charge in [0.05, 0.1) is 0 Å². The van der Waals surface area contributed by atoms with Crippen LogP contribution in [0.5, 0.6) is 0 Å². The van der Waals surface area contributed by atoms with Crippen LogP contribution in [0, 0.1) is 6.92 Å². The Kier molecular flexibility index (Phi) is 3.34. The summed E-state index contributed by atoms with van der Waals surface area (Å²) in [5, 5.41) is 0. The number of hydrogen-bond acceptors (Lipinski definition) is 3. The largest absolute Gasteiger partial charge is 0.316 e. The van der Waals surface area contributed by atoms with Gasteiger partial charge in [-0.25, -0.2) is 9.97 Å². The first-order valence-corrected chi connectivity index (χ1v) is 4.34. The molecule has 0 bridgehead atoms. The van der Waals surface area contributed by atoms with Crippen molar-refractivity contribution in [2.24, 2.45) is 7.05 Å². The molecule has 0 aromatic carbocycles. The summed E-state index contributed by atoms with van der Waals surface area (Å²) in [6, 6.07) is 3.87. The summed E-state index contributed by atoms with van der Waals surface area (Å²) in [6.07, 6.45) is 2.53. The highest BCUT2D eigenvalue weighted by Crippen LogP contribution is 2.09. The van der Waals surface area contributed by atoms with Crippen molar-refractivity contribution in [3.05, 3.63) is 24.2 Å². The molecule has 0 atom stereocenters. The Bertz CT molecular complexity index is 434. The average Bonchev–Trinajstić information content (AvgIpc) is 2.45. The molecule has 0 aliphatic rings. The van der Waals surface area contributed by atoms with Gasteiger partial charge in [0.2, 0.25) is 0 Å². The minimum Gasteiger partial charge on any atom is -0.316 e. The van der Waals surface area contributed by atoms with Crippen LogP contribution in [-0.4, -0.2) is 20.8 Å². The molecule has 0 radical (unpaired) electrons. The SMILES string of the molecule is CC=O.Cc1nc2cccnc2n1C. The molecule has 4 heteroatoms. The summed E-state index contributed by atoms with van der Waals surface area (Å²) in [7, 11) is 1.97. The molecule has 2 heterocycles. The van der Waals surface area contributed by atoms with Gasteiger partial charge in [0.15, 0.2) is 5.65 Å². The molecule has 4 nitrogen and oxygen atoms in total. The normalized spacial score (nSPS) is 9.36. The standard InChI is InChI=1S/C8H9N3.C2H4O/c1-6-10-7-4-3-5-9-8(7)11(6)2;1-2-3/h3-5H,1-2H3;2H,1H3. The number of aromatic nitrogens is 3. The Labute approximate surface area is 82.6 Å². The zero-order valence-electron chi connectivity index (χ0n) is 8.56. The molecule has 0 aliphatic heterocycles. The van der Waals surface area contributed by atoms with Crippen molar-refractivity contribution in [3.8, 4) is 0 Å². The zero-order valence-corrected chi connectivity index (χ0v) is 8.56. The molecule has 0 spiro atoms. The fourth-order valence-corrected chi connectivity index (χ4v) is 1.14. The number of nitrogens with zero attached hydrogens (tertiary/aromatic N) is 3. The van der Waals surface area contributed by atoms with Gasteiger partial charge in [0.1, 0.15) is 17.6 Å². The van der Waals surface area contributed by atoms with Gasteiger partial charge in [0, 0.05) is 13.2 Å². The van der Waals surface area contributed by atoms with Crippen molar-refractivity contribution in [2.75, 3.05) is 0 Å². The van der Waals surface area contributed by atoms with Crippen molar-refractivity contribution in [1.82, 2.24) is 14.5 Å². The lowest BCUT2D eigenvalue weighted by Gasteiger charge is -1.92. The van der Waals surface area contributed by atoms with Gasteiger partial charge in [-0.2, -0.15) is 0 Å². The lowest BCUT2D eigenvalue weighted by molar-refractivity contribution is -0.106. The number of aryl methyl sites for hydroxylation is 2.